The zero-order valence-electron chi connectivity index (χ0n) is 14.4. The van der Waals surface area contributed by atoms with Crippen LogP contribution in [0.15, 0.2) is 34.9 Å². The second-order valence-corrected chi connectivity index (χ2v) is 6.81. The van der Waals surface area contributed by atoms with Crippen molar-refractivity contribution in [1.82, 2.24) is 25.3 Å². The minimum absolute atomic E-state index is 0.0525. The summed E-state index contributed by atoms with van der Waals surface area (Å²) in [5.74, 6) is 1.76. The normalized spacial score (nSPS) is 23.5. The Balaban J connectivity index is 1.22. The lowest BCUT2D eigenvalue weighted by atomic mass is 10.1. The summed E-state index contributed by atoms with van der Waals surface area (Å²) < 4.78 is 5.16. The summed E-state index contributed by atoms with van der Waals surface area (Å²) in [7, 11) is 0. The smallest absolute Gasteiger partial charge is 0.317 e. The molecule has 1 aliphatic carbocycles. The first-order chi connectivity index (χ1) is 12.2. The van der Waals surface area contributed by atoms with Crippen LogP contribution in [0.3, 0.4) is 0 Å². The fraction of sp³-hybridized carbons (Fsp3) is 0.500. The Morgan fingerprint density at radius 3 is 2.68 bits per heavy atom. The number of aryl methyl sites for hydroxylation is 1. The zero-order valence-corrected chi connectivity index (χ0v) is 14.4. The summed E-state index contributed by atoms with van der Waals surface area (Å²) in [6.07, 6.45) is 1.03. The second-order valence-electron chi connectivity index (χ2n) is 6.81. The molecule has 7 heteroatoms. The average Bonchev–Trinajstić information content (AvgIpc) is 3.28. The van der Waals surface area contributed by atoms with Crippen molar-refractivity contribution in [3.63, 3.8) is 0 Å². The molecule has 2 amide bonds. The van der Waals surface area contributed by atoms with E-state index < -0.39 is 0 Å². The topological polar surface area (TPSA) is 74.5 Å². The van der Waals surface area contributed by atoms with Gasteiger partial charge in [0.05, 0.1) is 6.54 Å². The van der Waals surface area contributed by atoms with Gasteiger partial charge in [-0.15, -0.1) is 0 Å². The predicted molar refractivity (Wildman–Crippen MR) is 92.0 cm³/mol. The third-order valence-corrected chi connectivity index (χ3v) is 4.92. The fourth-order valence-corrected chi connectivity index (χ4v) is 3.38. The van der Waals surface area contributed by atoms with Gasteiger partial charge in [-0.1, -0.05) is 35.5 Å². The molecule has 25 heavy (non-hydrogen) atoms. The van der Waals surface area contributed by atoms with Crippen molar-refractivity contribution >= 4 is 6.03 Å². The highest BCUT2D eigenvalue weighted by Gasteiger charge is 2.40. The van der Waals surface area contributed by atoms with Crippen LogP contribution in [0.25, 0.3) is 0 Å². The van der Waals surface area contributed by atoms with Crippen molar-refractivity contribution in [2.45, 2.75) is 31.8 Å². The highest BCUT2D eigenvalue weighted by molar-refractivity contribution is 5.75. The number of benzene rings is 1. The van der Waals surface area contributed by atoms with Crippen LogP contribution in [0.5, 0.6) is 0 Å². The number of rotatable bonds is 4. The SMILES string of the molecule is Cc1noc(CN2CCN(C(=O)N[C@H]3C[C@H]3c3ccccc3)CC2)n1. The highest BCUT2D eigenvalue weighted by atomic mass is 16.5. The van der Waals surface area contributed by atoms with Crippen LogP contribution in [0.2, 0.25) is 0 Å². The second kappa shape index (κ2) is 6.84. The number of carbonyl (C=O) groups excluding carboxylic acids is 1. The molecule has 1 aliphatic heterocycles. The van der Waals surface area contributed by atoms with Gasteiger partial charge in [0.25, 0.3) is 0 Å². The monoisotopic (exact) mass is 341 g/mol. The van der Waals surface area contributed by atoms with Crippen LogP contribution in [0.4, 0.5) is 4.79 Å². The van der Waals surface area contributed by atoms with Crippen LogP contribution < -0.4 is 5.32 Å². The summed E-state index contributed by atoms with van der Waals surface area (Å²) in [5, 5.41) is 6.98. The average molecular weight is 341 g/mol. The maximum absolute atomic E-state index is 12.4. The molecule has 132 valence electrons. The maximum Gasteiger partial charge on any atom is 0.317 e. The molecule has 2 heterocycles. The summed E-state index contributed by atoms with van der Waals surface area (Å²) in [5.41, 5.74) is 1.31. The van der Waals surface area contributed by atoms with Crippen molar-refractivity contribution < 1.29 is 9.32 Å². The first-order valence-corrected chi connectivity index (χ1v) is 8.81. The molecule has 7 nitrogen and oxygen atoms in total. The van der Waals surface area contributed by atoms with Gasteiger partial charge < -0.3 is 14.7 Å². The first-order valence-electron chi connectivity index (χ1n) is 8.81. The van der Waals surface area contributed by atoms with Crippen molar-refractivity contribution in [1.29, 1.82) is 0 Å². The fourth-order valence-electron chi connectivity index (χ4n) is 3.38. The van der Waals surface area contributed by atoms with Gasteiger partial charge in [-0.3, -0.25) is 4.90 Å². The van der Waals surface area contributed by atoms with E-state index in [9.17, 15) is 4.79 Å². The number of nitrogens with zero attached hydrogens (tertiary/aromatic N) is 4. The third-order valence-electron chi connectivity index (χ3n) is 4.92. The molecule has 1 aromatic heterocycles. The molecule has 2 atom stereocenters. The van der Waals surface area contributed by atoms with Crippen LogP contribution in [-0.2, 0) is 6.54 Å². The molecule has 2 aromatic rings. The summed E-state index contributed by atoms with van der Waals surface area (Å²) >= 11 is 0. The number of amides is 2. The molecule has 2 aliphatic rings. The van der Waals surface area contributed by atoms with Gasteiger partial charge in [0.2, 0.25) is 5.89 Å². The van der Waals surface area contributed by atoms with E-state index in [1.807, 2.05) is 17.9 Å². The van der Waals surface area contributed by atoms with E-state index in [4.69, 9.17) is 4.52 Å². The molecule has 1 aromatic carbocycles. The number of piperazine rings is 1. The quantitative estimate of drug-likeness (QED) is 0.917. The molecular formula is C18H23N5O2. The van der Waals surface area contributed by atoms with Crippen LogP contribution in [0, 0.1) is 6.92 Å². The molecule has 0 radical (unpaired) electrons. The summed E-state index contributed by atoms with van der Waals surface area (Å²) in [4.78, 5) is 20.8. The Kier molecular flexibility index (Phi) is 4.40. The van der Waals surface area contributed by atoms with Crippen LogP contribution in [-0.4, -0.2) is 58.2 Å². The number of urea groups is 1. The van der Waals surface area contributed by atoms with Crippen LogP contribution >= 0.6 is 0 Å². The highest BCUT2D eigenvalue weighted by Crippen LogP contribution is 2.40. The first kappa shape index (κ1) is 16.1. The van der Waals surface area contributed by atoms with Gasteiger partial charge in [0.1, 0.15) is 0 Å². The Morgan fingerprint density at radius 2 is 2.00 bits per heavy atom. The van der Waals surface area contributed by atoms with E-state index >= 15 is 0 Å². The van der Waals surface area contributed by atoms with Crippen molar-refractivity contribution in [3.05, 3.63) is 47.6 Å². The number of carbonyl (C=O) groups is 1. The predicted octanol–water partition coefficient (Wildman–Crippen LogP) is 1.76. The summed E-state index contributed by atoms with van der Waals surface area (Å²) in [6, 6.07) is 10.7. The molecule has 2 fully saturated rings. The van der Waals surface area contributed by atoms with Crippen LogP contribution in [0.1, 0.15) is 29.6 Å². The Labute approximate surface area is 147 Å². The standard InChI is InChI=1S/C18H23N5O2/c1-13-19-17(25-21-13)12-22-7-9-23(10-8-22)18(24)20-16-11-15(16)14-5-3-2-4-6-14/h2-6,15-16H,7-12H2,1H3,(H,20,24)/t15-,16-/m0/s1. The van der Waals surface area contributed by atoms with E-state index in [1.165, 1.54) is 5.56 Å². The van der Waals surface area contributed by atoms with Gasteiger partial charge in [-0.25, -0.2) is 4.79 Å². The van der Waals surface area contributed by atoms with Crippen molar-refractivity contribution in [2.24, 2.45) is 0 Å². The zero-order chi connectivity index (χ0) is 17.2. The lowest BCUT2D eigenvalue weighted by molar-refractivity contribution is 0.126. The molecule has 4 rings (SSSR count). The van der Waals surface area contributed by atoms with Gasteiger partial charge >= 0.3 is 6.03 Å². The number of aromatic nitrogens is 2. The minimum Gasteiger partial charge on any atom is -0.338 e. The van der Waals surface area contributed by atoms with E-state index in [0.717, 1.165) is 32.6 Å². The molecule has 1 saturated heterocycles. The van der Waals surface area contributed by atoms with Gasteiger partial charge in [0.15, 0.2) is 5.82 Å². The Morgan fingerprint density at radius 1 is 1.24 bits per heavy atom. The number of nitrogens with one attached hydrogen (secondary N) is 1. The summed E-state index contributed by atoms with van der Waals surface area (Å²) in [6.45, 7) is 5.55. The number of hydrogen-bond donors (Lipinski definition) is 1. The van der Waals surface area contributed by atoms with Gasteiger partial charge in [-0.2, -0.15) is 4.98 Å². The van der Waals surface area contributed by atoms with E-state index in [1.54, 1.807) is 0 Å². The van der Waals surface area contributed by atoms with Gasteiger partial charge in [-0.05, 0) is 18.9 Å². The van der Waals surface area contributed by atoms with E-state index in [-0.39, 0.29) is 12.1 Å². The molecule has 1 N–H and O–H groups in total. The van der Waals surface area contributed by atoms with Crippen molar-refractivity contribution in [3.8, 4) is 0 Å². The lowest BCUT2D eigenvalue weighted by Gasteiger charge is -2.34. The molecule has 1 saturated carbocycles. The molecule has 0 spiro atoms. The molecular weight excluding hydrogens is 318 g/mol. The third kappa shape index (κ3) is 3.82. The van der Waals surface area contributed by atoms with E-state index in [0.29, 0.717) is 24.2 Å². The Bertz CT molecular complexity index is 724. The Hall–Kier alpha value is -2.41. The van der Waals surface area contributed by atoms with Crippen molar-refractivity contribution in [2.75, 3.05) is 26.2 Å². The maximum atomic E-state index is 12.4. The number of hydrogen-bond acceptors (Lipinski definition) is 5. The molecule has 0 bridgehead atoms. The minimum atomic E-state index is 0.0525. The largest absolute Gasteiger partial charge is 0.338 e. The molecule has 0 unspecified atom stereocenters. The lowest BCUT2D eigenvalue weighted by Crippen LogP contribution is -2.52. The van der Waals surface area contributed by atoms with E-state index in [2.05, 4.69) is 44.6 Å². The van der Waals surface area contributed by atoms with Gasteiger partial charge in [0, 0.05) is 38.1 Å².